The highest BCUT2D eigenvalue weighted by Gasteiger charge is 2.37. The quantitative estimate of drug-likeness (QED) is 0.408. The summed E-state index contributed by atoms with van der Waals surface area (Å²) in [6.07, 6.45) is 2.52. The van der Waals surface area contributed by atoms with Crippen molar-refractivity contribution >= 4 is 45.5 Å². The molecule has 1 N–H and O–H groups in total. The summed E-state index contributed by atoms with van der Waals surface area (Å²) >= 11 is 3.34. The summed E-state index contributed by atoms with van der Waals surface area (Å²) in [5.41, 5.74) is 5.17. The maximum absolute atomic E-state index is 13.1. The number of urea groups is 1. The van der Waals surface area contributed by atoms with Gasteiger partial charge in [-0.15, -0.1) is 0 Å². The molecule has 0 bridgehead atoms. The van der Waals surface area contributed by atoms with Gasteiger partial charge in [0.2, 0.25) is 0 Å². The Hall–Kier alpha value is -3.45. The molecule has 0 spiro atoms. The van der Waals surface area contributed by atoms with Gasteiger partial charge in [-0.3, -0.25) is 14.9 Å². The van der Waals surface area contributed by atoms with E-state index in [1.807, 2.05) is 19.9 Å². The van der Waals surface area contributed by atoms with Crippen molar-refractivity contribution in [1.29, 1.82) is 0 Å². The van der Waals surface area contributed by atoms with Gasteiger partial charge in [-0.25, -0.2) is 9.69 Å². The zero-order chi connectivity index (χ0) is 23.0. The van der Waals surface area contributed by atoms with Gasteiger partial charge in [-0.2, -0.15) is 0 Å². The maximum atomic E-state index is 13.1. The highest BCUT2D eigenvalue weighted by Crippen LogP contribution is 2.27. The minimum atomic E-state index is -0.763. The standard InChI is InChI=1S/C25H22BrN3O3/c1-4-17-5-9-20(10-6-17)28-15(2)13-18(16(28)3)14-22-23(30)27-25(32)29(24(22)31)21-11-7-19(26)8-12-21/h5-14H,4H2,1-3H3,(H,27,30,32)/b22-14+. The van der Waals surface area contributed by atoms with Gasteiger partial charge in [0.1, 0.15) is 5.57 Å². The van der Waals surface area contributed by atoms with Crippen molar-refractivity contribution in [2.75, 3.05) is 4.90 Å². The molecule has 1 aliphatic heterocycles. The second kappa shape index (κ2) is 8.59. The molecule has 1 saturated heterocycles. The Balaban J connectivity index is 1.73. The van der Waals surface area contributed by atoms with E-state index in [-0.39, 0.29) is 5.57 Å². The smallest absolute Gasteiger partial charge is 0.318 e. The van der Waals surface area contributed by atoms with Gasteiger partial charge < -0.3 is 4.57 Å². The minimum Gasteiger partial charge on any atom is -0.318 e. The van der Waals surface area contributed by atoms with Crippen LogP contribution in [0.3, 0.4) is 0 Å². The molecular formula is C25H22BrN3O3. The minimum absolute atomic E-state index is 0.0888. The van der Waals surface area contributed by atoms with Gasteiger partial charge in [0.25, 0.3) is 11.8 Å². The summed E-state index contributed by atoms with van der Waals surface area (Å²) in [4.78, 5) is 39.0. The van der Waals surface area contributed by atoms with Crippen LogP contribution in [0.25, 0.3) is 11.8 Å². The van der Waals surface area contributed by atoms with Crippen molar-refractivity contribution < 1.29 is 14.4 Å². The second-order valence-electron chi connectivity index (χ2n) is 7.62. The highest BCUT2D eigenvalue weighted by molar-refractivity contribution is 9.10. The van der Waals surface area contributed by atoms with E-state index in [1.165, 1.54) is 5.56 Å². The third-order valence-corrected chi connectivity index (χ3v) is 6.09. The lowest BCUT2D eigenvalue weighted by atomic mass is 10.1. The highest BCUT2D eigenvalue weighted by atomic mass is 79.9. The number of benzene rings is 2. The number of nitrogens with zero attached hydrogens (tertiary/aromatic N) is 2. The lowest BCUT2D eigenvalue weighted by molar-refractivity contribution is -0.122. The summed E-state index contributed by atoms with van der Waals surface area (Å²) in [5, 5.41) is 2.27. The van der Waals surface area contributed by atoms with Crippen molar-refractivity contribution in [2.24, 2.45) is 0 Å². The molecule has 32 heavy (non-hydrogen) atoms. The molecule has 2 aromatic carbocycles. The summed E-state index contributed by atoms with van der Waals surface area (Å²) < 4.78 is 2.90. The predicted octanol–water partition coefficient (Wildman–Crippen LogP) is 5.09. The fourth-order valence-electron chi connectivity index (χ4n) is 3.85. The predicted molar refractivity (Wildman–Crippen MR) is 128 cm³/mol. The van der Waals surface area contributed by atoms with E-state index in [2.05, 4.69) is 57.0 Å². The Kier molecular flexibility index (Phi) is 5.84. The number of aromatic nitrogens is 1. The SMILES string of the molecule is CCc1ccc(-n2c(C)cc(/C=C3\C(=O)NC(=O)N(c4ccc(Br)cc4)C3=O)c2C)cc1. The first-order valence-corrected chi connectivity index (χ1v) is 11.0. The molecule has 1 aliphatic rings. The molecular weight excluding hydrogens is 470 g/mol. The molecule has 3 aromatic rings. The number of hydrogen-bond acceptors (Lipinski definition) is 3. The first kappa shape index (κ1) is 21.8. The monoisotopic (exact) mass is 491 g/mol. The topological polar surface area (TPSA) is 71.4 Å². The van der Waals surface area contributed by atoms with Crippen LogP contribution >= 0.6 is 15.9 Å². The van der Waals surface area contributed by atoms with E-state index in [4.69, 9.17) is 0 Å². The summed E-state index contributed by atoms with van der Waals surface area (Å²) in [7, 11) is 0. The molecule has 162 valence electrons. The Morgan fingerprint density at radius 3 is 2.19 bits per heavy atom. The number of rotatable bonds is 4. The number of nitrogens with one attached hydrogen (secondary N) is 1. The molecule has 0 saturated carbocycles. The van der Waals surface area contributed by atoms with Gasteiger partial charge in [0.15, 0.2) is 0 Å². The molecule has 0 unspecified atom stereocenters. The number of imide groups is 2. The summed E-state index contributed by atoms with van der Waals surface area (Å²) in [6, 6.07) is 16.2. The number of hydrogen-bond donors (Lipinski definition) is 1. The Labute approximate surface area is 194 Å². The zero-order valence-electron chi connectivity index (χ0n) is 18.0. The number of aryl methyl sites for hydroxylation is 2. The third kappa shape index (κ3) is 3.91. The van der Waals surface area contributed by atoms with Gasteiger partial charge in [0.05, 0.1) is 5.69 Å². The van der Waals surface area contributed by atoms with Gasteiger partial charge >= 0.3 is 6.03 Å². The zero-order valence-corrected chi connectivity index (χ0v) is 19.6. The van der Waals surface area contributed by atoms with Crippen LogP contribution in [-0.4, -0.2) is 22.4 Å². The van der Waals surface area contributed by atoms with E-state index < -0.39 is 17.8 Å². The fourth-order valence-corrected chi connectivity index (χ4v) is 4.11. The fraction of sp³-hybridized carbons (Fsp3) is 0.160. The molecule has 4 amide bonds. The first-order valence-electron chi connectivity index (χ1n) is 10.3. The van der Waals surface area contributed by atoms with Gasteiger partial charge in [-0.1, -0.05) is 35.0 Å². The Bertz CT molecular complexity index is 1250. The lowest BCUT2D eigenvalue weighted by Gasteiger charge is -2.26. The van der Waals surface area contributed by atoms with E-state index >= 15 is 0 Å². The number of anilines is 1. The van der Waals surface area contributed by atoms with Crippen LogP contribution in [0.5, 0.6) is 0 Å². The van der Waals surface area contributed by atoms with E-state index in [0.717, 1.165) is 38.4 Å². The number of amides is 4. The van der Waals surface area contributed by atoms with Crippen LogP contribution < -0.4 is 10.2 Å². The van der Waals surface area contributed by atoms with Crippen molar-refractivity contribution in [3.05, 3.63) is 87.2 Å². The number of carbonyl (C=O) groups is 3. The molecule has 4 rings (SSSR count). The summed E-state index contributed by atoms with van der Waals surface area (Å²) in [6.45, 7) is 6.03. The van der Waals surface area contributed by atoms with Crippen molar-refractivity contribution in [3.63, 3.8) is 0 Å². The molecule has 0 aliphatic carbocycles. The molecule has 2 heterocycles. The van der Waals surface area contributed by atoms with Crippen molar-refractivity contribution in [2.45, 2.75) is 27.2 Å². The Morgan fingerprint density at radius 1 is 0.938 bits per heavy atom. The van der Waals surface area contributed by atoms with E-state index in [9.17, 15) is 14.4 Å². The van der Waals surface area contributed by atoms with E-state index in [0.29, 0.717) is 5.69 Å². The number of carbonyl (C=O) groups excluding carboxylic acids is 3. The molecule has 0 radical (unpaired) electrons. The molecule has 6 nitrogen and oxygen atoms in total. The molecule has 7 heteroatoms. The average molecular weight is 492 g/mol. The van der Waals surface area contributed by atoms with Crippen LogP contribution in [0.1, 0.15) is 29.4 Å². The van der Waals surface area contributed by atoms with Crippen LogP contribution in [0.15, 0.2) is 64.6 Å². The van der Waals surface area contributed by atoms with Crippen LogP contribution in [0.2, 0.25) is 0 Å². The molecule has 1 aromatic heterocycles. The second-order valence-corrected chi connectivity index (χ2v) is 8.53. The van der Waals surface area contributed by atoms with E-state index in [1.54, 1.807) is 30.3 Å². The lowest BCUT2D eigenvalue weighted by Crippen LogP contribution is -2.54. The normalized spacial score (nSPS) is 15.4. The maximum Gasteiger partial charge on any atom is 0.335 e. The largest absolute Gasteiger partial charge is 0.335 e. The molecule has 1 fully saturated rings. The summed E-state index contributed by atoms with van der Waals surface area (Å²) in [5.74, 6) is -1.36. The van der Waals surface area contributed by atoms with Crippen molar-refractivity contribution in [3.8, 4) is 5.69 Å². The molecule has 0 atom stereocenters. The first-order chi connectivity index (χ1) is 15.3. The number of halogens is 1. The van der Waals surface area contributed by atoms with Gasteiger partial charge in [-0.05, 0) is 79.9 Å². The van der Waals surface area contributed by atoms with Gasteiger partial charge in [0, 0.05) is 21.5 Å². The average Bonchev–Trinajstić information content (AvgIpc) is 3.05. The van der Waals surface area contributed by atoms with Crippen LogP contribution in [-0.2, 0) is 16.0 Å². The van der Waals surface area contributed by atoms with Crippen LogP contribution in [0.4, 0.5) is 10.5 Å². The van der Waals surface area contributed by atoms with Crippen molar-refractivity contribution in [1.82, 2.24) is 9.88 Å². The Morgan fingerprint density at radius 2 is 1.56 bits per heavy atom. The van der Waals surface area contributed by atoms with Crippen LogP contribution in [0, 0.1) is 13.8 Å². The third-order valence-electron chi connectivity index (χ3n) is 5.56. The number of barbiturate groups is 1.